The first-order valence-electron chi connectivity index (χ1n) is 9.05. The smallest absolute Gasteiger partial charge is 0.266 e. The fraction of sp³-hybridized carbons (Fsp3) is 0.0833. The maximum Gasteiger partial charge on any atom is 0.282 e. The van der Waals surface area contributed by atoms with E-state index in [0.717, 1.165) is 27.9 Å². The summed E-state index contributed by atoms with van der Waals surface area (Å²) < 4.78 is 13.2. The number of aliphatic imine (C=N–C) groups is 1. The van der Waals surface area contributed by atoms with Gasteiger partial charge >= 0.3 is 0 Å². The molecule has 0 unspecified atom stereocenters. The maximum atomic E-state index is 13.2. The van der Waals surface area contributed by atoms with Crippen LogP contribution in [0.1, 0.15) is 22.3 Å². The highest BCUT2D eigenvalue weighted by atomic mass is 19.1. The minimum Gasteiger partial charge on any atom is -0.266 e. The van der Waals surface area contributed by atoms with Gasteiger partial charge in [-0.25, -0.2) is 9.38 Å². The summed E-state index contributed by atoms with van der Waals surface area (Å²) in [7, 11) is 0. The highest BCUT2D eigenvalue weighted by Gasteiger charge is 2.32. The third-order valence-electron chi connectivity index (χ3n) is 4.60. The Balaban J connectivity index is 1.82. The van der Waals surface area contributed by atoms with Crippen LogP contribution in [-0.2, 0) is 4.79 Å². The monoisotopic (exact) mass is 370 g/mol. The van der Waals surface area contributed by atoms with Gasteiger partial charge in [-0.15, -0.1) is 0 Å². The molecule has 4 rings (SSSR count). The number of benzene rings is 3. The van der Waals surface area contributed by atoms with Crippen molar-refractivity contribution in [2.24, 2.45) is 4.99 Å². The molecule has 0 spiro atoms. The summed E-state index contributed by atoms with van der Waals surface area (Å²) >= 11 is 0. The summed E-state index contributed by atoms with van der Waals surface area (Å²) in [5.41, 5.74) is 4.89. The van der Waals surface area contributed by atoms with Crippen molar-refractivity contribution in [3.05, 3.63) is 107 Å². The number of rotatable bonds is 3. The molecule has 3 nitrogen and oxygen atoms in total. The molecule has 4 heteroatoms. The number of anilines is 1. The molecule has 1 heterocycles. The summed E-state index contributed by atoms with van der Waals surface area (Å²) in [5, 5.41) is 0. The van der Waals surface area contributed by atoms with Gasteiger partial charge < -0.3 is 0 Å². The average molecular weight is 370 g/mol. The fourth-order valence-electron chi connectivity index (χ4n) is 3.14. The van der Waals surface area contributed by atoms with Crippen molar-refractivity contribution in [2.45, 2.75) is 13.8 Å². The third-order valence-corrected chi connectivity index (χ3v) is 4.60. The summed E-state index contributed by atoms with van der Waals surface area (Å²) in [6, 6.07) is 21.7. The number of amidine groups is 1. The van der Waals surface area contributed by atoms with Gasteiger partial charge in [-0.05, 0) is 55.8 Å². The second kappa shape index (κ2) is 7.24. The van der Waals surface area contributed by atoms with Gasteiger partial charge in [0.25, 0.3) is 5.91 Å². The second-order valence-corrected chi connectivity index (χ2v) is 6.86. The van der Waals surface area contributed by atoms with E-state index in [4.69, 9.17) is 0 Å². The lowest BCUT2D eigenvalue weighted by molar-refractivity contribution is -0.113. The third kappa shape index (κ3) is 3.49. The molecule has 1 aliphatic rings. The zero-order valence-corrected chi connectivity index (χ0v) is 15.7. The number of hydrogen-bond acceptors (Lipinski definition) is 2. The minimum absolute atomic E-state index is 0.204. The molecule has 138 valence electrons. The molecular formula is C24H19FN2O. The van der Waals surface area contributed by atoms with Crippen LogP contribution in [0.25, 0.3) is 6.08 Å². The zero-order chi connectivity index (χ0) is 19.7. The van der Waals surface area contributed by atoms with Gasteiger partial charge in [0.1, 0.15) is 17.3 Å². The van der Waals surface area contributed by atoms with E-state index >= 15 is 0 Å². The van der Waals surface area contributed by atoms with Gasteiger partial charge in [0, 0.05) is 5.56 Å². The molecule has 28 heavy (non-hydrogen) atoms. The van der Waals surface area contributed by atoms with Gasteiger partial charge in [-0.2, -0.15) is 0 Å². The molecule has 3 aromatic carbocycles. The van der Waals surface area contributed by atoms with Crippen LogP contribution in [0.4, 0.5) is 10.1 Å². The number of carbonyl (C=O) groups excluding carboxylic acids is 1. The van der Waals surface area contributed by atoms with E-state index < -0.39 is 0 Å². The topological polar surface area (TPSA) is 32.7 Å². The number of aryl methyl sites for hydroxylation is 2. The number of nitrogens with zero attached hydrogens (tertiary/aromatic N) is 2. The van der Waals surface area contributed by atoms with Gasteiger partial charge in [0.2, 0.25) is 0 Å². The molecule has 0 saturated heterocycles. The Morgan fingerprint density at radius 2 is 1.61 bits per heavy atom. The summed E-state index contributed by atoms with van der Waals surface area (Å²) in [6.07, 6.45) is 1.69. The Labute approximate surface area is 163 Å². The van der Waals surface area contributed by atoms with Crippen molar-refractivity contribution in [2.75, 3.05) is 4.90 Å². The molecular weight excluding hydrogens is 351 g/mol. The number of hydrogen-bond donors (Lipinski definition) is 0. The molecule has 1 amide bonds. The van der Waals surface area contributed by atoms with Crippen LogP contribution in [0, 0.1) is 19.7 Å². The predicted octanol–water partition coefficient (Wildman–Crippen LogP) is 5.28. The fourth-order valence-corrected chi connectivity index (χ4v) is 3.14. The lowest BCUT2D eigenvalue weighted by Crippen LogP contribution is -2.32. The van der Waals surface area contributed by atoms with Crippen molar-refractivity contribution >= 4 is 23.5 Å². The van der Waals surface area contributed by atoms with Crippen LogP contribution in [0.5, 0.6) is 0 Å². The highest BCUT2D eigenvalue weighted by Crippen LogP contribution is 2.28. The van der Waals surface area contributed by atoms with Crippen LogP contribution in [0.2, 0.25) is 0 Å². The van der Waals surface area contributed by atoms with E-state index in [1.165, 1.54) is 12.1 Å². The van der Waals surface area contributed by atoms with E-state index in [2.05, 4.69) is 4.99 Å². The molecule has 1 aliphatic heterocycles. The van der Waals surface area contributed by atoms with Gasteiger partial charge in [-0.1, -0.05) is 53.6 Å². The molecule has 0 aromatic heterocycles. The predicted molar refractivity (Wildman–Crippen MR) is 111 cm³/mol. The lowest BCUT2D eigenvalue weighted by Gasteiger charge is -2.19. The molecule has 0 saturated carbocycles. The molecule has 0 radical (unpaired) electrons. The van der Waals surface area contributed by atoms with Crippen molar-refractivity contribution < 1.29 is 9.18 Å². The van der Waals surface area contributed by atoms with Crippen LogP contribution in [0.3, 0.4) is 0 Å². The highest BCUT2D eigenvalue weighted by molar-refractivity contribution is 6.33. The Bertz CT molecular complexity index is 1100. The molecule has 0 fully saturated rings. The van der Waals surface area contributed by atoms with Crippen molar-refractivity contribution in [1.82, 2.24) is 0 Å². The van der Waals surface area contributed by atoms with E-state index in [0.29, 0.717) is 11.5 Å². The van der Waals surface area contributed by atoms with Crippen LogP contribution in [0.15, 0.2) is 83.5 Å². The number of carbonyl (C=O) groups is 1. The summed E-state index contributed by atoms with van der Waals surface area (Å²) in [4.78, 5) is 19.5. The summed E-state index contributed by atoms with van der Waals surface area (Å²) in [6.45, 7) is 4.01. The standard InChI is InChI=1S/C24H19FN2O/c1-16-6-12-21(13-7-16)27-23(19-5-3-4-17(2)14-19)26-22(24(27)28)15-18-8-10-20(25)11-9-18/h3-15H,1-2H3/b22-15+. The molecule has 0 aliphatic carbocycles. The van der Waals surface area contributed by atoms with Crippen LogP contribution >= 0.6 is 0 Å². The largest absolute Gasteiger partial charge is 0.282 e. The van der Waals surface area contributed by atoms with Gasteiger partial charge in [-0.3, -0.25) is 9.69 Å². The first-order chi connectivity index (χ1) is 13.5. The maximum absolute atomic E-state index is 13.2. The van der Waals surface area contributed by atoms with Crippen molar-refractivity contribution in [3.8, 4) is 0 Å². The zero-order valence-electron chi connectivity index (χ0n) is 15.7. The van der Waals surface area contributed by atoms with E-state index in [1.54, 1.807) is 23.1 Å². The van der Waals surface area contributed by atoms with E-state index in [1.807, 2.05) is 62.4 Å². The first kappa shape index (κ1) is 17.9. The number of halogens is 1. The van der Waals surface area contributed by atoms with Crippen molar-refractivity contribution in [1.29, 1.82) is 0 Å². The second-order valence-electron chi connectivity index (χ2n) is 6.86. The van der Waals surface area contributed by atoms with E-state index in [9.17, 15) is 9.18 Å². The minimum atomic E-state index is -0.315. The normalized spacial score (nSPS) is 15.2. The van der Waals surface area contributed by atoms with Gasteiger partial charge in [0.05, 0.1) is 5.69 Å². The number of amides is 1. The van der Waals surface area contributed by atoms with Crippen LogP contribution < -0.4 is 4.90 Å². The Kier molecular flexibility index (Phi) is 4.62. The summed E-state index contributed by atoms with van der Waals surface area (Å²) in [5.74, 6) is 0.0701. The Hall–Kier alpha value is -3.53. The SMILES string of the molecule is Cc1ccc(N2C(=O)/C(=C\c3ccc(F)cc3)N=C2c2cccc(C)c2)cc1. The van der Waals surface area contributed by atoms with E-state index in [-0.39, 0.29) is 11.7 Å². The Morgan fingerprint density at radius 3 is 2.29 bits per heavy atom. The molecule has 0 bridgehead atoms. The Morgan fingerprint density at radius 1 is 0.893 bits per heavy atom. The van der Waals surface area contributed by atoms with Gasteiger partial charge in [0.15, 0.2) is 0 Å². The van der Waals surface area contributed by atoms with Crippen LogP contribution in [-0.4, -0.2) is 11.7 Å². The molecule has 0 N–H and O–H groups in total. The average Bonchev–Trinajstić information content (AvgIpc) is 3.01. The van der Waals surface area contributed by atoms with Crippen molar-refractivity contribution in [3.63, 3.8) is 0 Å². The molecule has 0 atom stereocenters. The molecule has 3 aromatic rings. The first-order valence-corrected chi connectivity index (χ1v) is 9.05. The quantitative estimate of drug-likeness (QED) is 0.578. The lowest BCUT2D eigenvalue weighted by atomic mass is 10.1.